The van der Waals surface area contributed by atoms with Crippen LogP contribution in [-0.2, 0) is 9.59 Å². The van der Waals surface area contributed by atoms with E-state index in [0.717, 1.165) is 6.42 Å². The Morgan fingerprint density at radius 3 is 2.25 bits per heavy atom. The fourth-order valence-corrected chi connectivity index (χ4v) is 1.05. The Morgan fingerprint density at radius 1 is 1.19 bits per heavy atom. The normalized spacial score (nSPS) is 12.3. The van der Waals surface area contributed by atoms with E-state index in [0.29, 0.717) is 19.5 Å². The topological polar surface area (TPSA) is 84.2 Å². The predicted molar refractivity (Wildman–Crippen MR) is 63.7 cm³/mol. The standard InChI is InChI=1S/C11H23N3O2/c1-4-9(12)7-10(15)13-5-6-14-11(16)8(2)3/h8-9H,4-7,12H2,1-3H3,(H,13,15)(H,14,16). The van der Waals surface area contributed by atoms with Gasteiger partial charge in [-0.25, -0.2) is 0 Å². The minimum absolute atomic E-state index is 0.000455. The molecule has 4 N–H and O–H groups in total. The number of rotatable bonds is 7. The van der Waals surface area contributed by atoms with E-state index in [1.165, 1.54) is 0 Å². The molecule has 0 rings (SSSR count). The molecule has 1 atom stereocenters. The van der Waals surface area contributed by atoms with Crippen molar-refractivity contribution in [3.8, 4) is 0 Å². The fraction of sp³-hybridized carbons (Fsp3) is 0.818. The second-order valence-corrected chi connectivity index (χ2v) is 4.17. The van der Waals surface area contributed by atoms with E-state index in [1.54, 1.807) is 0 Å². The van der Waals surface area contributed by atoms with Crippen LogP contribution in [-0.4, -0.2) is 30.9 Å². The second kappa shape index (κ2) is 8.10. The Labute approximate surface area is 97.2 Å². The molecule has 0 heterocycles. The molecule has 0 aromatic heterocycles. The van der Waals surface area contributed by atoms with Crippen molar-refractivity contribution in [2.75, 3.05) is 13.1 Å². The molecule has 0 bridgehead atoms. The smallest absolute Gasteiger partial charge is 0.222 e. The van der Waals surface area contributed by atoms with Crippen LogP contribution >= 0.6 is 0 Å². The number of carbonyl (C=O) groups is 2. The van der Waals surface area contributed by atoms with E-state index in [4.69, 9.17) is 5.73 Å². The van der Waals surface area contributed by atoms with Crippen LogP contribution < -0.4 is 16.4 Å². The highest BCUT2D eigenvalue weighted by Crippen LogP contribution is 1.92. The minimum atomic E-state index is -0.0785. The molecule has 0 aliphatic carbocycles. The van der Waals surface area contributed by atoms with E-state index in [1.807, 2.05) is 20.8 Å². The highest BCUT2D eigenvalue weighted by Gasteiger charge is 2.08. The largest absolute Gasteiger partial charge is 0.354 e. The molecule has 0 aliphatic rings. The lowest BCUT2D eigenvalue weighted by Gasteiger charge is -2.10. The molecular weight excluding hydrogens is 206 g/mol. The van der Waals surface area contributed by atoms with Crippen LogP contribution in [0.15, 0.2) is 0 Å². The molecule has 5 nitrogen and oxygen atoms in total. The molecule has 0 saturated carbocycles. The highest BCUT2D eigenvalue weighted by molar-refractivity contribution is 5.78. The van der Waals surface area contributed by atoms with Gasteiger partial charge >= 0.3 is 0 Å². The number of hydrogen-bond acceptors (Lipinski definition) is 3. The van der Waals surface area contributed by atoms with E-state index in [9.17, 15) is 9.59 Å². The van der Waals surface area contributed by atoms with Gasteiger partial charge in [-0.2, -0.15) is 0 Å². The van der Waals surface area contributed by atoms with Crippen LogP contribution in [0.1, 0.15) is 33.6 Å². The summed E-state index contributed by atoms with van der Waals surface area (Å²) in [7, 11) is 0. The maximum absolute atomic E-state index is 11.3. The molecule has 1 unspecified atom stereocenters. The van der Waals surface area contributed by atoms with Gasteiger partial charge in [-0.1, -0.05) is 20.8 Å². The molecular formula is C11H23N3O2. The number of nitrogens with one attached hydrogen (secondary N) is 2. The van der Waals surface area contributed by atoms with Crippen LogP contribution in [0.2, 0.25) is 0 Å². The molecule has 94 valence electrons. The van der Waals surface area contributed by atoms with E-state index < -0.39 is 0 Å². The minimum Gasteiger partial charge on any atom is -0.354 e. The zero-order chi connectivity index (χ0) is 12.6. The third-order valence-electron chi connectivity index (χ3n) is 2.24. The van der Waals surface area contributed by atoms with Gasteiger partial charge in [-0.3, -0.25) is 9.59 Å². The van der Waals surface area contributed by atoms with Crippen molar-refractivity contribution >= 4 is 11.8 Å². The predicted octanol–water partition coefficient (Wildman–Crippen LogP) is 0.00220. The zero-order valence-corrected chi connectivity index (χ0v) is 10.4. The van der Waals surface area contributed by atoms with E-state index >= 15 is 0 Å². The number of carbonyl (C=O) groups excluding carboxylic acids is 2. The SMILES string of the molecule is CCC(N)CC(=O)NCCNC(=O)C(C)C. The van der Waals surface area contributed by atoms with Crippen molar-refractivity contribution in [2.45, 2.75) is 39.7 Å². The number of amides is 2. The Morgan fingerprint density at radius 2 is 1.75 bits per heavy atom. The first-order chi connectivity index (χ1) is 7.47. The van der Waals surface area contributed by atoms with Crippen LogP contribution in [0, 0.1) is 5.92 Å². The van der Waals surface area contributed by atoms with Crippen molar-refractivity contribution < 1.29 is 9.59 Å². The summed E-state index contributed by atoms with van der Waals surface area (Å²) in [4.78, 5) is 22.5. The number of hydrogen-bond donors (Lipinski definition) is 3. The lowest BCUT2D eigenvalue weighted by atomic mass is 10.1. The summed E-state index contributed by atoms with van der Waals surface area (Å²) in [5.41, 5.74) is 5.64. The quantitative estimate of drug-likeness (QED) is 0.537. The maximum atomic E-state index is 11.3. The van der Waals surface area contributed by atoms with Gasteiger partial charge in [0.2, 0.25) is 11.8 Å². The van der Waals surface area contributed by atoms with Crippen molar-refractivity contribution in [3.05, 3.63) is 0 Å². The molecule has 5 heteroatoms. The summed E-state index contributed by atoms with van der Waals surface area (Å²) in [6, 6.07) is -0.0785. The summed E-state index contributed by atoms with van der Waals surface area (Å²) in [5, 5.41) is 5.43. The molecule has 0 aromatic carbocycles. The molecule has 2 amide bonds. The molecule has 0 saturated heterocycles. The number of nitrogens with two attached hydrogens (primary N) is 1. The van der Waals surface area contributed by atoms with Gasteiger partial charge in [-0.15, -0.1) is 0 Å². The van der Waals surface area contributed by atoms with Crippen LogP contribution in [0.3, 0.4) is 0 Å². The van der Waals surface area contributed by atoms with Gasteiger partial charge in [-0.05, 0) is 6.42 Å². The molecule has 0 spiro atoms. The van der Waals surface area contributed by atoms with Gasteiger partial charge in [0.05, 0.1) is 0 Å². The Hall–Kier alpha value is -1.10. The molecule has 0 radical (unpaired) electrons. The van der Waals surface area contributed by atoms with Gasteiger partial charge in [0.1, 0.15) is 0 Å². The first-order valence-corrected chi connectivity index (χ1v) is 5.77. The summed E-state index contributed by atoms with van der Waals surface area (Å²) < 4.78 is 0. The van der Waals surface area contributed by atoms with Crippen LogP contribution in [0.5, 0.6) is 0 Å². The highest BCUT2D eigenvalue weighted by atomic mass is 16.2. The van der Waals surface area contributed by atoms with Gasteiger partial charge in [0, 0.05) is 31.5 Å². The Balaban J connectivity index is 3.52. The summed E-state index contributed by atoms with van der Waals surface area (Å²) in [6.07, 6.45) is 1.13. The lowest BCUT2D eigenvalue weighted by Crippen LogP contribution is -2.38. The lowest BCUT2D eigenvalue weighted by molar-refractivity contribution is -0.124. The fourth-order valence-electron chi connectivity index (χ4n) is 1.05. The summed E-state index contributed by atoms with van der Waals surface area (Å²) in [5.74, 6) is -0.0862. The van der Waals surface area contributed by atoms with E-state index in [2.05, 4.69) is 10.6 Å². The first-order valence-electron chi connectivity index (χ1n) is 5.77. The summed E-state index contributed by atoms with van der Waals surface area (Å²) >= 11 is 0. The van der Waals surface area contributed by atoms with Crippen LogP contribution in [0.4, 0.5) is 0 Å². The average Bonchev–Trinajstić information content (AvgIpc) is 2.23. The zero-order valence-electron chi connectivity index (χ0n) is 10.4. The molecule has 0 aromatic rings. The molecule has 0 aliphatic heterocycles. The average molecular weight is 229 g/mol. The van der Waals surface area contributed by atoms with Crippen molar-refractivity contribution in [2.24, 2.45) is 11.7 Å². The van der Waals surface area contributed by atoms with Gasteiger partial charge in [0.25, 0.3) is 0 Å². The second-order valence-electron chi connectivity index (χ2n) is 4.17. The third kappa shape index (κ3) is 7.23. The van der Waals surface area contributed by atoms with Gasteiger partial charge < -0.3 is 16.4 Å². The van der Waals surface area contributed by atoms with Crippen LogP contribution in [0.25, 0.3) is 0 Å². The first kappa shape index (κ1) is 14.9. The van der Waals surface area contributed by atoms with E-state index in [-0.39, 0.29) is 23.8 Å². The van der Waals surface area contributed by atoms with Gasteiger partial charge in [0.15, 0.2) is 0 Å². The third-order valence-corrected chi connectivity index (χ3v) is 2.24. The molecule has 16 heavy (non-hydrogen) atoms. The van der Waals surface area contributed by atoms with Crippen molar-refractivity contribution in [1.29, 1.82) is 0 Å². The maximum Gasteiger partial charge on any atom is 0.222 e. The van der Waals surface area contributed by atoms with Crippen molar-refractivity contribution in [3.63, 3.8) is 0 Å². The van der Waals surface area contributed by atoms with Crippen molar-refractivity contribution in [1.82, 2.24) is 10.6 Å². The molecule has 0 fully saturated rings. The Bertz CT molecular complexity index is 229. The Kier molecular flexibility index (Phi) is 7.54. The monoisotopic (exact) mass is 229 g/mol. The summed E-state index contributed by atoms with van der Waals surface area (Å²) in [6.45, 7) is 6.51.